The van der Waals surface area contributed by atoms with Crippen LogP contribution in [0.2, 0.25) is 0 Å². The zero-order valence-corrected chi connectivity index (χ0v) is 18.3. The summed E-state index contributed by atoms with van der Waals surface area (Å²) < 4.78 is 5.28. The zero-order valence-electron chi connectivity index (χ0n) is 18.3. The molecule has 2 N–H and O–H groups in total. The average Bonchev–Trinajstić information content (AvgIpc) is 2.67. The minimum absolute atomic E-state index is 0.0809. The lowest BCUT2D eigenvalue weighted by Gasteiger charge is -2.46. The van der Waals surface area contributed by atoms with Crippen molar-refractivity contribution in [1.82, 2.24) is 0 Å². The van der Waals surface area contributed by atoms with Gasteiger partial charge >= 0.3 is 5.97 Å². The molecular weight excluding hydrogens is 402 g/mol. The molecule has 2 rings (SSSR count). The highest BCUT2D eigenvalue weighted by molar-refractivity contribution is 5.99. The molecule has 0 saturated carbocycles. The van der Waals surface area contributed by atoms with Crippen LogP contribution < -0.4 is 4.74 Å². The van der Waals surface area contributed by atoms with Gasteiger partial charge in [0.25, 0.3) is 5.69 Å². The lowest BCUT2D eigenvalue weighted by molar-refractivity contribution is -0.384. The third kappa shape index (κ3) is 4.91. The van der Waals surface area contributed by atoms with E-state index in [1.165, 1.54) is 31.4 Å². The van der Waals surface area contributed by atoms with Gasteiger partial charge in [0, 0.05) is 36.0 Å². The average molecular weight is 429 g/mol. The van der Waals surface area contributed by atoms with Gasteiger partial charge in [-0.05, 0) is 42.7 Å². The number of nitro benzene ring substituents is 1. The van der Waals surface area contributed by atoms with Crippen molar-refractivity contribution < 1.29 is 29.5 Å². The molecule has 0 spiro atoms. The van der Waals surface area contributed by atoms with E-state index in [0.29, 0.717) is 22.3 Å². The molecule has 8 heteroatoms. The van der Waals surface area contributed by atoms with E-state index in [1.54, 1.807) is 33.8 Å². The van der Waals surface area contributed by atoms with Gasteiger partial charge in [0.2, 0.25) is 0 Å². The second kappa shape index (κ2) is 8.85. The number of carboxylic acid groups (broad SMARTS) is 1. The molecule has 0 saturated heterocycles. The minimum atomic E-state index is -1.49. The number of carbonyl (C=O) groups is 2. The molecule has 0 radical (unpaired) electrons. The van der Waals surface area contributed by atoms with Crippen molar-refractivity contribution in [2.24, 2.45) is 5.41 Å². The van der Waals surface area contributed by atoms with Crippen molar-refractivity contribution in [3.63, 3.8) is 0 Å². The summed E-state index contributed by atoms with van der Waals surface area (Å²) >= 11 is 0. The summed E-state index contributed by atoms with van der Waals surface area (Å²) in [6.45, 7) is 6.83. The van der Waals surface area contributed by atoms with E-state index in [4.69, 9.17) is 9.84 Å². The number of non-ortho nitro benzene ring substituents is 1. The van der Waals surface area contributed by atoms with Gasteiger partial charge in [-0.25, -0.2) is 4.79 Å². The topological polar surface area (TPSA) is 127 Å². The molecule has 166 valence electrons. The van der Waals surface area contributed by atoms with Gasteiger partial charge in [0.15, 0.2) is 5.78 Å². The number of nitro groups is 1. The number of Topliss-reactive ketones (excluding diaryl/α,β-unsaturated/α-hetero) is 1. The first kappa shape index (κ1) is 24.0. The van der Waals surface area contributed by atoms with Crippen LogP contribution in [0.15, 0.2) is 53.1 Å². The highest BCUT2D eigenvalue weighted by Crippen LogP contribution is 2.47. The van der Waals surface area contributed by atoms with Gasteiger partial charge in [-0.1, -0.05) is 19.9 Å². The molecule has 1 aliphatic carbocycles. The van der Waals surface area contributed by atoms with Crippen LogP contribution in [-0.2, 0) is 16.0 Å². The molecule has 31 heavy (non-hydrogen) atoms. The summed E-state index contributed by atoms with van der Waals surface area (Å²) in [7, 11) is 1.40. The predicted molar refractivity (Wildman–Crippen MR) is 115 cm³/mol. The predicted octanol–water partition coefficient (Wildman–Crippen LogP) is 3.78. The largest absolute Gasteiger partial charge is 0.496 e. The van der Waals surface area contributed by atoms with Crippen LogP contribution in [0, 0.1) is 15.5 Å². The number of hydrogen-bond donors (Lipinski definition) is 2. The second-order valence-corrected chi connectivity index (χ2v) is 8.34. The Morgan fingerprint density at radius 1 is 1.35 bits per heavy atom. The molecule has 0 fully saturated rings. The molecule has 8 nitrogen and oxygen atoms in total. The second-order valence-electron chi connectivity index (χ2n) is 8.34. The van der Waals surface area contributed by atoms with E-state index in [1.807, 2.05) is 0 Å². The molecule has 1 atom stereocenters. The number of methoxy groups -OCH3 is 1. The summed E-state index contributed by atoms with van der Waals surface area (Å²) in [6.07, 6.45) is 4.30. The van der Waals surface area contributed by atoms with Gasteiger partial charge in [0.1, 0.15) is 11.4 Å². The Balaban J connectivity index is 2.55. The lowest BCUT2D eigenvalue weighted by Crippen LogP contribution is -2.49. The fourth-order valence-corrected chi connectivity index (χ4v) is 3.85. The first-order valence-electron chi connectivity index (χ1n) is 9.70. The quantitative estimate of drug-likeness (QED) is 0.292. The molecule has 0 heterocycles. The number of allylic oxidation sites excluding steroid dienone is 3. The van der Waals surface area contributed by atoms with Crippen molar-refractivity contribution in [1.29, 1.82) is 0 Å². The van der Waals surface area contributed by atoms with Crippen LogP contribution in [0.1, 0.15) is 39.7 Å². The van der Waals surface area contributed by atoms with Crippen LogP contribution >= 0.6 is 0 Å². The standard InChI is InChI=1S/C23H27NO7/c1-14(10-21(26)27)8-9-23(28)15(2)18(19(25)13-22(23,3)4)11-16-6-7-17(24(29)30)12-20(16)31-5/h6-10,12,28H,11,13H2,1-5H3,(H,26,27)/b9-8+,14-10-/t23-/m0/s1. The third-order valence-electron chi connectivity index (χ3n) is 5.78. The van der Waals surface area contributed by atoms with Gasteiger partial charge in [0.05, 0.1) is 18.1 Å². The number of aliphatic hydroxyl groups is 1. The molecule has 1 aromatic carbocycles. The van der Waals surface area contributed by atoms with E-state index in [9.17, 15) is 24.8 Å². The SMILES string of the molecule is COc1cc([N+](=O)[O-])ccc1CC1=C(C)[C@@](O)(/C=C/C(C)=C\C(=O)O)C(C)(C)CC1=O. The molecule has 0 aromatic heterocycles. The highest BCUT2D eigenvalue weighted by Gasteiger charge is 2.49. The molecular formula is C23H27NO7. The molecule has 1 aromatic rings. The maximum absolute atomic E-state index is 12.9. The van der Waals surface area contributed by atoms with Crippen molar-refractivity contribution >= 4 is 17.4 Å². The number of rotatable bonds is 7. The summed E-state index contributed by atoms with van der Waals surface area (Å²) in [5, 5.41) is 31.5. The van der Waals surface area contributed by atoms with Gasteiger partial charge in [-0.2, -0.15) is 0 Å². The van der Waals surface area contributed by atoms with Gasteiger partial charge in [-0.15, -0.1) is 0 Å². The smallest absolute Gasteiger partial charge is 0.328 e. The number of hydrogen-bond acceptors (Lipinski definition) is 6. The molecule has 0 aliphatic heterocycles. The lowest BCUT2D eigenvalue weighted by atomic mass is 9.62. The minimum Gasteiger partial charge on any atom is -0.496 e. The molecule has 0 unspecified atom stereocenters. The highest BCUT2D eigenvalue weighted by atomic mass is 16.6. The summed E-state index contributed by atoms with van der Waals surface area (Å²) in [6, 6.07) is 4.19. The number of ketones is 1. The Hall–Kier alpha value is -3.26. The first-order valence-corrected chi connectivity index (χ1v) is 9.70. The van der Waals surface area contributed by atoms with Crippen molar-refractivity contribution in [3.8, 4) is 5.75 Å². The maximum Gasteiger partial charge on any atom is 0.328 e. The summed E-state index contributed by atoms with van der Waals surface area (Å²) in [4.78, 5) is 34.3. The maximum atomic E-state index is 12.9. The van der Waals surface area contributed by atoms with E-state index in [-0.39, 0.29) is 30.1 Å². The Bertz CT molecular complexity index is 1020. The summed E-state index contributed by atoms with van der Waals surface area (Å²) in [5.41, 5.74) is -0.548. The fourth-order valence-electron chi connectivity index (χ4n) is 3.85. The Morgan fingerprint density at radius 2 is 2.00 bits per heavy atom. The van der Waals surface area contributed by atoms with Crippen LogP contribution in [0.3, 0.4) is 0 Å². The van der Waals surface area contributed by atoms with E-state index in [0.717, 1.165) is 6.08 Å². The fraction of sp³-hybridized carbons (Fsp3) is 0.391. The van der Waals surface area contributed by atoms with E-state index < -0.39 is 21.9 Å². The Kier molecular flexibility index (Phi) is 6.86. The number of nitrogens with zero attached hydrogens (tertiary/aromatic N) is 1. The number of carbonyl (C=O) groups excluding carboxylic acids is 1. The third-order valence-corrected chi connectivity index (χ3v) is 5.78. The van der Waals surface area contributed by atoms with Crippen LogP contribution in [0.25, 0.3) is 0 Å². The van der Waals surface area contributed by atoms with Crippen molar-refractivity contribution in [2.75, 3.05) is 7.11 Å². The van der Waals surface area contributed by atoms with Gasteiger partial charge in [-0.3, -0.25) is 14.9 Å². The molecule has 0 bridgehead atoms. The summed E-state index contributed by atoms with van der Waals surface area (Å²) in [5.74, 6) is -0.935. The number of carboxylic acids is 1. The number of ether oxygens (including phenoxy) is 1. The molecule has 0 amide bonds. The number of benzene rings is 1. The van der Waals surface area contributed by atoms with Crippen LogP contribution in [0.5, 0.6) is 5.75 Å². The van der Waals surface area contributed by atoms with Crippen LogP contribution in [0.4, 0.5) is 5.69 Å². The molecule has 1 aliphatic rings. The number of aliphatic carboxylic acids is 1. The van der Waals surface area contributed by atoms with Crippen molar-refractivity contribution in [2.45, 2.75) is 46.1 Å². The van der Waals surface area contributed by atoms with Crippen molar-refractivity contribution in [3.05, 3.63) is 68.8 Å². The monoisotopic (exact) mass is 429 g/mol. The first-order chi connectivity index (χ1) is 14.3. The van der Waals surface area contributed by atoms with E-state index >= 15 is 0 Å². The zero-order chi connectivity index (χ0) is 23.6. The normalized spacial score (nSPS) is 21.5. The Labute approximate surface area is 180 Å². The van der Waals surface area contributed by atoms with E-state index in [2.05, 4.69) is 0 Å². The Morgan fingerprint density at radius 3 is 2.55 bits per heavy atom. The van der Waals surface area contributed by atoms with Crippen LogP contribution in [-0.4, -0.2) is 39.6 Å². The van der Waals surface area contributed by atoms with Gasteiger partial charge < -0.3 is 14.9 Å².